The van der Waals surface area contributed by atoms with Crippen molar-refractivity contribution in [1.29, 1.82) is 0 Å². The fourth-order valence-corrected chi connectivity index (χ4v) is 2.83. The van der Waals surface area contributed by atoms with E-state index in [9.17, 15) is 0 Å². The molecule has 5 nitrogen and oxygen atoms in total. The van der Waals surface area contributed by atoms with Crippen LogP contribution in [0.3, 0.4) is 0 Å². The lowest BCUT2D eigenvalue weighted by Gasteiger charge is -2.35. The molecule has 20 heavy (non-hydrogen) atoms. The van der Waals surface area contributed by atoms with Gasteiger partial charge in [-0.15, -0.1) is 24.0 Å². The fourth-order valence-electron chi connectivity index (χ4n) is 2.83. The minimum absolute atomic E-state index is 0. The minimum atomic E-state index is 0. The molecular weight excluding hydrogens is 367 g/mol. The number of hydrogen-bond acceptors (Lipinski definition) is 3. The molecule has 0 radical (unpaired) electrons. The van der Waals surface area contributed by atoms with Crippen LogP contribution in [0.4, 0.5) is 0 Å². The molecule has 2 saturated heterocycles. The molecule has 2 aliphatic rings. The van der Waals surface area contributed by atoms with E-state index in [0.29, 0.717) is 17.9 Å². The van der Waals surface area contributed by atoms with Crippen molar-refractivity contribution in [3.05, 3.63) is 0 Å². The standard InChI is InChI=1S/C14H28N4O.HI/c1-12(2)18-5-3-4-13(11-18)10-16-14(15)17-6-8-19-9-7-17;/h12-13H,3-11H2,1-2H3,(H2,15,16);1H. The predicted octanol–water partition coefficient (Wildman–Crippen LogP) is 1.37. The third-order valence-electron chi connectivity index (χ3n) is 4.13. The summed E-state index contributed by atoms with van der Waals surface area (Å²) >= 11 is 0. The number of rotatable bonds is 3. The number of halogens is 1. The normalized spacial score (nSPS) is 25.6. The van der Waals surface area contributed by atoms with E-state index in [0.717, 1.165) is 39.4 Å². The Morgan fingerprint density at radius 1 is 1.30 bits per heavy atom. The Kier molecular flexibility index (Phi) is 8.13. The van der Waals surface area contributed by atoms with Crippen molar-refractivity contribution < 1.29 is 4.74 Å². The second-order valence-corrected chi connectivity index (χ2v) is 5.90. The largest absolute Gasteiger partial charge is 0.378 e. The highest BCUT2D eigenvalue weighted by atomic mass is 127. The van der Waals surface area contributed by atoms with Crippen molar-refractivity contribution in [3.63, 3.8) is 0 Å². The SMILES string of the molecule is CC(C)N1CCCC(CN=C(N)N2CCOCC2)C1.I. The molecule has 1 atom stereocenters. The van der Waals surface area contributed by atoms with Gasteiger partial charge in [-0.1, -0.05) is 0 Å². The molecule has 2 heterocycles. The fraction of sp³-hybridized carbons (Fsp3) is 0.929. The van der Waals surface area contributed by atoms with Gasteiger partial charge in [0.05, 0.1) is 13.2 Å². The van der Waals surface area contributed by atoms with E-state index in [1.165, 1.54) is 19.4 Å². The molecule has 0 aliphatic carbocycles. The molecule has 0 saturated carbocycles. The van der Waals surface area contributed by atoms with Crippen LogP contribution in [0.1, 0.15) is 26.7 Å². The van der Waals surface area contributed by atoms with Gasteiger partial charge in [0.15, 0.2) is 5.96 Å². The van der Waals surface area contributed by atoms with Gasteiger partial charge in [-0.05, 0) is 39.2 Å². The molecule has 1 unspecified atom stereocenters. The van der Waals surface area contributed by atoms with E-state index in [1.807, 2.05) is 0 Å². The smallest absolute Gasteiger partial charge is 0.191 e. The molecule has 2 aliphatic heterocycles. The Morgan fingerprint density at radius 3 is 2.65 bits per heavy atom. The lowest BCUT2D eigenvalue weighted by Crippen LogP contribution is -2.45. The number of aliphatic imine (C=N–C) groups is 1. The summed E-state index contributed by atoms with van der Waals surface area (Å²) in [4.78, 5) is 9.29. The van der Waals surface area contributed by atoms with Crippen LogP contribution in [0.15, 0.2) is 4.99 Å². The highest BCUT2D eigenvalue weighted by Crippen LogP contribution is 2.18. The van der Waals surface area contributed by atoms with E-state index in [-0.39, 0.29) is 24.0 Å². The Hall–Kier alpha value is -0.0800. The van der Waals surface area contributed by atoms with Crippen LogP contribution < -0.4 is 5.73 Å². The average Bonchev–Trinajstić information content (AvgIpc) is 2.46. The number of hydrogen-bond donors (Lipinski definition) is 1. The predicted molar refractivity (Wildman–Crippen MR) is 93.7 cm³/mol. The van der Waals surface area contributed by atoms with Gasteiger partial charge in [-0.2, -0.15) is 0 Å². The number of nitrogens with zero attached hydrogens (tertiary/aromatic N) is 3. The van der Waals surface area contributed by atoms with Crippen LogP contribution in [0.25, 0.3) is 0 Å². The molecular formula is C14H29IN4O. The van der Waals surface area contributed by atoms with Gasteiger partial charge in [0.2, 0.25) is 0 Å². The molecule has 118 valence electrons. The maximum Gasteiger partial charge on any atom is 0.191 e. The number of guanidine groups is 1. The van der Waals surface area contributed by atoms with Gasteiger partial charge in [-0.3, -0.25) is 4.99 Å². The van der Waals surface area contributed by atoms with Crippen LogP contribution in [0, 0.1) is 5.92 Å². The zero-order chi connectivity index (χ0) is 13.7. The second-order valence-electron chi connectivity index (χ2n) is 5.90. The summed E-state index contributed by atoms with van der Waals surface area (Å²) in [7, 11) is 0. The Morgan fingerprint density at radius 2 is 2.00 bits per heavy atom. The van der Waals surface area contributed by atoms with Crippen LogP contribution in [-0.4, -0.2) is 67.7 Å². The van der Waals surface area contributed by atoms with Gasteiger partial charge in [0, 0.05) is 32.2 Å². The quantitative estimate of drug-likeness (QED) is 0.445. The Labute approximate surface area is 139 Å². The third kappa shape index (κ3) is 5.37. The molecule has 0 bridgehead atoms. The summed E-state index contributed by atoms with van der Waals surface area (Å²) in [5.41, 5.74) is 6.07. The van der Waals surface area contributed by atoms with Crippen molar-refractivity contribution >= 4 is 29.9 Å². The molecule has 0 spiro atoms. The first kappa shape index (κ1) is 18.0. The molecule has 2 fully saturated rings. The summed E-state index contributed by atoms with van der Waals surface area (Å²) in [5, 5.41) is 0. The number of nitrogens with two attached hydrogens (primary N) is 1. The van der Waals surface area contributed by atoms with E-state index >= 15 is 0 Å². The van der Waals surface area contributed by atoms with E-state index < -0.39 is 0 Å². The van der Waals surface area contributed by atoms with Gasteiger partial charge < -0.3 is 20.3 Å². The molecule has 0 aromatic carbocycles. The molecule has 0 aromatic heterocycles. The number of morpholine rings is 1. The lowest BCUT2D eigenvalue weighted by molar-refractivity contribution is 0.0673. The average molecular weight is 396 g/mol. The van der Waals surface area contributed by atoms with Crippen LogP contribution in [0.5, 0.6) is 0 Å². The van der Waals surface area contributed by atoms with Crippen molar-refractivity contribution in [2.75, 3.05) is 45.9 Å². The first-order valence-corrected chi connectivity index (χ1v) is 7.53. The number of likely N-dealkylation sites (tertiary alicyclic amines) is 1. The van der Waals surface area contributed by atoms with E-state index in [1.54, 1.807) is 0 Å². The molecule has 2 rings (SSSR count). The first-order valence-electron chi connectivity index (χ1n) is 7.53. The highest BCUT2D eigenvalue weighted by Gasteiger charge is 2.21. The van der Waals surface area contributed by atoms with E-state index in [4.69, 9.17) is 10.5 Å². The number of ether oxygens (including phenoxy) is 1. The molecule has 2 N–H and O–H groups in total. The molecule has 0 aromatic rings. The van der Waals surface area contributed by atoms with Crippen LogP contribution in [0.2, 0.25) is 0 Å². The Balaban J connectivity index is 0.00000200. The van der Waals surface area contributed by atoms with E-state index in [2.05, 4.69) is 28.6 Å². The maximum absolute atomic E-state index is 6.07. The zero-order valence-electron chi connectivity index (χ0n) is 12.8. The topological polar surface area (TPSA) is 54.1 Å². The Bertz CT molecular complexity index is 306. The van der Waals surface area contributed by atoms with Gasteiger partial charge in [0.1, 0.15) is 0 Å². The summed E-state index contributed by atoms with van der Waals surface area (Å²) in [6.45, 7) is 11.1. The van der Waals surface area contributed by atoms with Gasteiger partial charge >= 0.3 is 0 Å². The van der Waals surface area contributed by atoms with Crippen molar-refractivity contribution in [3.8, 4) is 0 Å². The number of piperidine rings is 1. The summed E-state index contributed by atoms with van der Waals surface area (Å²) in [5.74, 6) is 1.36. The maximum atomic E-state index is 6.07. The van der Waals surface area contributed by atoms with Crippen LogP contribution in [-0.2, 0) is 4.74 Å². The van der Waals surface area contributed by atoms with Crippen molar-refractivity contribution in [2.24, 2.45) is 16.6 Å². The third-order valence-corrected chi connectivity index (χ3v) is 4.13. The summed E-state index contributed by atoms with van der Waals surface area (Å²) < 4.78 is 5.33. The molecule has 6 heteroatoms. The van der Waals surface area contributed by atoms with Crippen molar-refractivity contribution in [1.82, 2.24) is 9.80 Å². The second kappa shape index (κ2) is 9.04. The van der Waals surface area contributed by atoms with Crippen molar-refractivity contribution in [2.45, 2.75) is 32.7 Å². The molecule has 0 amide bonds. The highest BCUT2D eigenvalue weighted by molar-refractivity contribution is 14.0. The minimum Gasteiger partial charge on any atom is -0.378 e. The van der Waals surface area contributed by atoms with Crippen LogP contribution >= 0.6 is 24.0 Å². The van der Waals surface area contributed by atoms with Gasteiger partial charge in [-0.25, -0.2) is 0 Å². The summed E-state index contributed by atoms with van der Waals surface area (Å²) in [6, 6.07) is 0.642. The van der Waals surface area contributed by atoms with Gasteiger partial charge in [0.25, 0.3) is 0 Å². The lowest BCUT2D eigenvalue weighted by atomic mass is 9.97. The zero-order valence-corrected chi connectivity index (χ0v) is 15.1. The monoisotopic (exact) mass is 396 g/mol. The first-order chi connectivity index (χ1) is 9.16. The summed E-state index contributed by atoms with van der Waals surface area (Å²) in [6.07, 6.45) is 2.57.